The second-order valence-electron chi connectivity index (χ2n) is 23.2. The molecule has 0 saturated carbocycles. The van der Waals surface area contributed by atoms with Crippen molar-refractivity contribution in [2.45, 2.75) is 85.2 Å². The number of amides is 2. The van der Waals surface area contributed by atoms with Gasteiger partial charge in [0.25, 0.3) is 25.8 Å². The normalized spacial score (nSPS) is 22.3. The quantitative estimate of drug-likeness (QED) is 0.0907. The summed E-state index contributed by atoms with van der Waals surface area (Å²) in [6, 6.07) is 25.9. The van der Waals surface area contributed by atoms with Crippen molar-refractivity contribution in [3.05, 3.63) is 119 Å². The molecule has 5 aliphatic rings. The Balaban J connectivity index is 0.829. The lowest BCUT2D eigenvalue weighted by Gasteiger charge is -2.44. The van der Waals surface area contributed by atoms with Gasteiger partial charge < -0.3 is 29.5 Å². The van der Waals surface area contributed by atoms with Crippen LogP contribution in [0.5, 0.6) is 0 Å². The summed E-state index contributed by atoms with van der Waals surface area (Å²) in [7, 11) is -11.0. The molecule has 1 aliphatic carbocycles. The second kappa shape index (κ2) is 24.9. The van der Waals surface area contributed by atoms with E-state index in [1.165, 1.54) is 40.6 Å². The van der Waals surface area contributed by atoms with Crippen molar-refractivity contribution < 1.29 is 49.1 Å². The molecule has 22 heteroatoms. The first-order valence-electron chi connectivity index (χ1n) is 27.4. The van der Waals surface area contributed by atoms with E-state index in [2.05, 4.69) is 44.0 Å². The van der Waals surface area contributed by atoms with Gasteiger partial charge in [0.2, 0.25) is 0 Å². The van der Waals surface area contributed by atoms with Crippen LogP contribution in [-0.4, -0.2) is 170 Å². The molecule has 4 heterocycles. The van der Waals surface area contributed by atoms with Crippen LogP contribution in [0.1, 0.15) is 69.3 Å². The summed E-state index contributed by atoms with van der Waals surface area (Å²) >= 11 is 7.79. The number of piperazine rings is 2. The molecular weight excluding hydrogens is 1110 g/mol. The van der Waals surface area contributed by atoms with Gasteiger partial charge in [0, 0.05) is 130 Å². The maximum atomic E-state index is 14.4. The highest BCUT2D eigenvalue weighted by molar-refractivity contribution is 7.99. The van der Waals surface area contributed by atoms with Gasteiger partial charge in [-0.05, 0) is 130 Å². The Labute approximate surface area is 478 Å². The molecule has 0 aromatic heterocycles. The minimum Gasteiger partial charge on any atom is -0.444 e. The van der Waals surface area contributed by atoms with E-state index >= 15 is 0 Å². The van der Waals surface area contributed by atoms with E-state index in [-0.39, 0.29) is 17.1 Å². The van der Waals surface area contributed by atoms with Crippen LogP contribution in [0.25, 0.3) is 5.57 Å². The molecule has 4 aromatic rings. The van der Waals surface area contributed by atoms with Crippen molar-refractivity contribution in [3.63, 3.8) is 0 Å². The van der Waals surface area contributed by atoms with Crippen molar-refractivity contribution in [2.24, 2.45) is 17.3 Å². The number of likely N-dealkylation sites (tertiary alicyclic amines) is 1. The highest BCUT2D eigenvalue weighted by Gasteiger charge is 2.49. The Morgan fingerprint density at radius 3 is 2.11 bits per heavy atom. The molecule has 434 valence electrons. The molecule has 2 N–H and O–H groups in total. The van der Waals surface area contributed by atoms with E-state index in [9.17, 15) is 39.6 Å². The predicted molar refractivity (Wildman–Crippen MR) is 307 cm³/mol. The fraction of sp³-hybridized carbons (Fsp3) is 0.517. The summed E-state index contributed by atoms with van der Waals surface area (Å²) in [6.45, 7) is 19.1. The van der Waals surface area contributed by atoms with Gasteiger partial charge in [0.1, 0.15) is 10.5 Å². The summed E-state index contributed by atoms with van der Waals surface area (Å²) in [5.74, 6) is 0.165. The summed E-state index contributed by atoms with van der Waals surface area (Å²) in [4.78, 5) is 36.4. The van der Waals surface area contributed by atoms with Gasteiger partial charge in [-0.25, -0.2) is 26.4 Å². The van der Waals surface area contributed by atoms with Crippen LogP contribution >= 0.6 is 23.4 Å². The third kappa shape index (κ3) is 15.0. The Bertz CT molecular complexity index is 3070. The van der Waals surface area contributed by atoms with E-state index in [1.807, 2.05) is 68.0 Å². The zero-order valence-electron chi connectivity index (χ0n) is 45.9. The molecule has 4 atom stereocenters. The Morgan fingerprint density at radius 1 is 0.825 bits per heavy atom. The second-order valence-corrected chi connectivity index (χ2v) is 28.4. The minimum atomic E-state index is -6.08. The van der Waals surface area contributed by atoms with Gasteiger partial charge in [-0.1, -0.05) is 54.4 Å². The average Bonchev–Trinajstić information content (AvgIpc) is 4.13. The SMILES string of the molecule is CC(C)(C)OC(=O)N1CCN(C[C@]2(C)CCC(c3ccc(Cl)cc3)=C(CN3CCN(c4ccc(C(=O)NS(=O)(=O)c5ccc(N[C@H](CCN6C[C@H]7COC[C@H]7C6)CSc6ccccc6)c(S(=O)(=O)C(F)(F)F)c5)cc4)CC3)C2)CC1. The molecule has 4 saturated heterocycles. The number of carbonyl (C=O) groups is 2. The molecule has 80 heavy (non-hydrogen) atoms. The molecular formula is C58H73ClF3N7O8S3. The zero-order valence-corrected chi connectivity index (χ0v) is 49.1. The number of alkyl halides is 3. The number of benzene rings is 4. The topological polar surface area (TPSA) is 161 Å². The molecule has 15 nitrogen and oxygen atoms in total. The number of fused-ring (bicyclic) bond motifs is 1. The summed E-state index contributed by atoms with van der Waals surface area (Å²) in [6.07, 6.45) is 3.09. The number of allylic oxidation sites excluding steroid dienone is 1. The number of thioether (sulfide) groups is 1. The Kier molecular flexibility index (Phi) is 18.6. The highest BCUT2D eigenvalue weighted by atomic mass is 35.5. The number of rotatable bonds is 18. The van der Waals surface area contributed by atoms with E-state index in [0.29, 0.717) is 81.0 Å². The Morgan fingerprint density at radius 2 is 1.48 bits per heavy atom. The fourth-order valence-electron chi connectivity index (χ4n) is 11.6. The Hall–Kier alpha value is -4.87. The number of hydrogen-bond acceptors (Lipinski definition) is 14. The smallest absolute Gasteiger partial charge is 0.444 e. The fourth-order valence-corrected chi connectivity index (χ4v) is 14.8. The molecule has 0 spiro atoms. The molecule has 2 amide bonds. The standard InChI is InChI=1S/C58H73ClF3N7O8S3/c1-56(2,3)77-55(71)69-30-26-66(27-31-69)40-57(4)22-20-51(41-10-14-46(59)15-11-41)43(33-57)34-65-24-28-68(29-25-65)48-16-12-42(13-17-48)54(70)64-80(74,75)50-18-19-52(53(32-50)79(72,73)58(60,61)62)63-47(39-78-49-8-6-5-7-9-49)21-23-67-35-44-37-76-38-45(44)36-67/h5-19,32,44-45,47,63H,20-31,33-40H2,1-4H3,(H,64,70)/t44-,45+,47-,57-/m1/s1. The number of hydrogen-bond donors (Lipinski definition) is 2. The maximum Gasteiger partial charge on any atom is 0.501 e. The van der Waals surface area contributed by atoms with Crippen LogP contribution in [0.2, 0.25) is 5.02 Å². The zero-order chi connectivity index (χ0) is 57.0. The van der Waals surface area contributed by atoms with Crippen molar-refractivity contribution in [3.8, 4) is 0 Å². The van der Waals surface area contributed by atoms with E-state index in [4.69, 9.17) is 21.1 Å². The number of halogens is 4. The maximum absolute atomic E-state index is 14.4. The number of ether oxygens (including phenoxy) is 2. The van der Waals surface area contributed by atoms with Crippen LogP contribution in [-0.2, 0) is 29.3 Å². The molecule has 0 bridgehead atoms. The average molecular weight is 1180 g/mol. The highest BCUT2D eigenvalue weighted by Crippen LogP contribution is 2.44. The first-order chi connectivity index (χ1) is 37.9. The molecule has 0 unspecified atom stereocenters. The number of sulfone groups is 1. The van der Waals surface area contributed by atoms with Crippen LogP contribution in [0.15, 0.2) is 117 Å². The van der Waals surface area contributed by atoms with Crippen molar-refractivity contribution >= 4 is 72.2 Å². The number of nitrogens with one attached hydrogen (secondary N) is 2. The molecule has 9 rings (SSSR count). The lowest BCUT2D eigenvalue weighted by Crippen LogP contribution is -2.52. The van der Waals surface area contributed by atoms with Crippen molar-refractivity contribution in [1.29, 1.82) is 0 Å². The molecule has 4 aromatic carbocycles. The number of carbonyl (C=O) groups excluding carboxylic acids is 2. The van der Waals surface area contributed by atoms with Gasteiger partial charge in [-0.2, -0.15) is 13.2 Å². The minimum absolute atomic E-state index is 0.0165. The lowest BCUT2D eigenvalue weighted by molar-refractivity contribution is -0.0436. The number of anilines is 2. The van der Waals surface area contributed by atoms with Crippen molar-refractivity contribution in [1.82, 2.24) is 24.3 Å². The van der Waals surface area contributed by atoms with Gasteiger partial charge in [0.15, 0.2) is 0 Å². The monoisotopic (exact) mass is 1180 g/mol. The first kappa shape index (κ1) is 59.7. The van der Waals surface area contributed by atoms with Crippen LogP contribution in [0.3, 0.4) is 0 Å². The van der Waals surface area contributed by atoms with E-state index < -0.39 is 58.4 Å². The first-order valence-corrected chi connectivity index (χ1v) is 31.7. The third-order valence-electron chi connectivity index (χ3n) is 15.9. The summed E-state index contributed by atoms with van der Waals surface area (Å²) < 4.78 is 110. The number of nitrogens with zero attached hydrogens (tertiary/aromatic N) is 5. The lowest BCUT2D eigenvalue weighted by atomic mass is 9.71. The van der Waals surface area contributed by atoms with E-state index in [0.717, 1.165) is 94.3 Å². The van der Waals surface area contributed by atoms with Crippen LogP contribution < -0.4 is 14.9 Å². The third-order valence-corrected chi connectivity index (χ3v) is 20.2. The molecule has 0 radical (unpaired) electrons. The van der Waals surface area contributed by atoms with Crippen LogP contribution in [0, 0.1) is 17.3 Å². The van der Waals surface area contributed by atoms with Gasteiger partial charge in [-0.3, -0.25) is 14.6 Å². The van der Waals surface area contributed by atoms with Crippen LogP contribution in [0.4, 0.5) is 29.3 Å². The van der Waals surface area contributed by atoms with Crippen molar-refractivity contribution in [2.75, 3.05) is 114 Å². The van der Waals surface area contributed by atoms with Gasteiger partial charge >= 0.3 is 11.6 Å². The summed E-state index contributed by atoms with van der Waals surface area (Å²) in [5.41, 5.74) is -1.92. The number of sulfonamides is 1. The summed E-state index contributed by atoms with van der Waals surface area (Å²) in [5, 5.41) is 3.73. The van der Waals surface area contributed by atoms with Gasteiger partial charge in [-0.15, -0.1) is 11.8 Å². The molecule has 4 fully saturated rings. The largest absolute Gasteiger partial charge is 0.501 e. The van der Waals surface area contributed by atoms with Gasteiger partial charge in [0.05, 0.1) is 23.8 Å². The predicted octanol–water partition coefficient (Wildman–Crippen LogP) is 9.61. The van der Waals surface area contributed by atoms with E-state index in [1.54, 1.807) is 17.0 Å². The molecule has 4 aliphatic heterocycles.